The Kier molecular flexibility index (Phi) is 4.19. The lowest BCUT2D eigenvalue weighted by Gasteiger charge is -2.06. The number of carboxylic acids is 1. The number of rotatable bonds is 5. The molecule has 1 aromatic heterocycles. The molecule has 0 aliphatic rings. The normalized spacial score (nSPS) is 12.1. The molecule has 2 rings (SSSR count). The third-order valence-corrected chi connectivity index (χ3v) is 4.22. The van der Waals surface area contributed by atoms with Crippen molar-refractivity contribution in [2.75, 3.05) is 7.11 Å². The fourth-order valence-electron chi connectivity index (χ4n) is 1.75. The SMILES string of the molecule is COc1ccc(S(=O)Cc2c(C(=O)O)cnn2C)cc1. The van der Waals surface area contributed by atoms with Crippen LogP contribution in [0.2, 0.25) is 0 Å². The quantitative estimate of drug-likeness (QED) is 0.902. The molecule has 0 saturated heterocycles. The van der Waals surface area contributed by atoms with E-state index in [1.54, 1.807) is 38.4 Å². The smallest absolute Gasteiger partial charge is 0.339 e. The van der Waals surface area contributed by atoms with Crippen LogP contribution in [0.25, 0.3) is 0 Å². The van der Waals surface area contributed by atoms with Gasteiger partial charge in [0.25, 0.3) is 0 Å². The Morgan fingerprint density at radius 3 is 2.60 bits per heavy atom. The first-order valence-corrected chi connectivity index (χ1v) is 7.11. The lowest BCUT2D eigenvalue weighted by Crippen LogP contribution is -2.08. The molecule has 0 radical (unpaired) electrons. The van der Waals surface area contributed by atoms with Gasteiger partial charge in [-0.1, -0.05) is 0 Å². The molecule has 0 fully saturated rings. The molecule has 1 N–H and O–H groups in total. The molecule has 106 valence electrons. The van der Waals surface area contributed by atoms with Crippen molar-refractivity contribution in [1.29, 1.82) is 0 Å². The Bertz CT molecular complexity index is 649. The summed E-state index contributed by atoms with van der Waals surface area (Å²) in [5.74, 6) is -0.290. The molecule has 1 atom stereocenters. The van der Waals surface area contributed by atoms with Crippen molar-refractivity contribution in [3.63, 3.8) is 0 Å². The minimum atomic E-state index is -1.34. The van der Waals surface area contributed by atoms with E-state index in [0.29, 0.717) is 16.3 Å². The summed E-state index contributed by atoms with van der Waals surface area (Å²) in [6.07, 6.45) is 1.27. The number of aromatic nitrogens is 2. The van der Waals surface area contributed by atoms with Crippen molar-refractivity contribution >= 4 is 16.8 Å². The highest BCUT2D eigenvalue weighted by molar-refractivity contribution is 7.84. The minimum Gasteiger partial charge on any atom is -0.497 e. The zero-order valence-corrected chi connectivity index (χ0v) is 11.9. The average Bonchev–Trinajstić information content (AvgIpc) is 2.80. The van der Waals surface area contributed by atoms with Crippen LogP contribution < -0.4 is 4.74 Å². The number of nitrogens with zero attached hydrogens (tertiary/aromatic N) is 2. The van der Waals surface area contributed by atoms with Crippen LogP contribution in [-0.2, 0) is 23.6 Å². The summed E-state index contributed by atoms with van der Waals surface area (Å²) >= 11 is 0. The highest BCUT2D eigenvalue weighted by Gasteiger charge is 2.18. The highest BCUT2D eigenvalue weighted by atomic mass is 32.2. The molecule has 0 amide bonds. The van der Waals surface area contributed by atoms with Crippen molar-refractivity contribution in [2.45, 2.75) is 10.6 Å². The van der Waals surface area contributed by atoms with E-state index in [2.05, 4.69) is 5.10 Å². The average molecular weight is 294 g/mol. The van der Waals surface area contributed by atoms with Crippen LogP contribution in [0.15, 0.2) is 35.4 Å². The second kappa shape index (κ2) is 5.87. The number of carboxylic acid groups (broad SMARTS) is 1. The third kappa shape index (κ3) is 2.88. The predicted octanol–water partition coefficient (Wildman–Crippen LogP) is 1.43. The number of carbonyl (C=O) groups is 1. The van der Waals surface area contributed by atoms with E-state index in [0.717, 1.165) is 0 Å². The van der Waals surface area contributed by atoms with Crippen LogP contribution >= 0.6 is 0 Å². The van der Waals surface area contributed by atoms with Crippen LogP contribution in [0.5, 0.6) is 5.75 Å². The molecule has 6 nitrogen and oxygen atoms in total. The number of ether oxygens (including phenoxy) is 1. The second-order valence-corrected chi connectivity index (χ2v) is 5.55. The van der Waals surface area contributed by atoms with Gasteiger partial charge in [-0.2, -0.15) is 5.10 Å². The Balaban J connectivity index is 2.23. The zero-order chi connectivity index (χ0) is 14.7. The number of methoxy groups -OCH3 is 1. The molecule has 1 aromatic carbocycles. The van der Waals surface area contributed by atoms with Gasteiger partial charge in [0.15, 0.2) is 0 Å². The first kappa shape index (κ1) is 14.3. The van der Waals surface area contributed by atoms with Crippen molar-refractivity contribution < 1.29 is 18.8 Å². The fraction of sp³-hybridized carbons (Fsp3) is 0.231. The highest BCUT2D eigenvalue weighted by Crippen LogP contribution is 2.18. The first-order chi connectivity index (χ1) is 9.52. The van der Waals surface area contributed by atoms with E-state index in [9.17, 15) is 9.00 Å². The van der Waals surface area contributed by atoms with Crippen molar-refractivity contribution in [1.82, 2.24) is 9.78 Å². The number of hydrogen-bond acceptors (Lipinski definition) is 4. The predicted molar refractivity (Wildman–Crippen MR) is 73.3 cm³/mol. The Labute approximate surface area is 118 Å². The van der Waals surface area contributed by atoms with Crippen LogP contribution in [0.4, 0.5) is 0 Å². The summed E-state index contributed by atoms with van der Waals surface area (Å²) in [5.41, 5.74) is 0.515. The minimum absolute atomic E-state index is 0.0781. The lowest BCUT2D eigenvalue weighted by molar-refractivity contribution is 0.0696. The molecule has 1 heterocycles. The third-order valence-electron chi connectivity index (χ3n) is 2.88. The summed E-state index contributed by atoms with van der Waals surface area (Å²) < 4.78 is 18.7. The zero-order valence-electron chi connectivity index (χ0n) is 11.1. The molecule has 1 unspecified atom stereocenters. The summed E-state index contributed by atoms with van der Waals surface area (Å²) in [6, 6.07) is 6.83. The van der Waals surface area contributed by atoms with Gasteiger partial charge in [-0.3, -0.25) is 8.89 Å². The van der Waals surface area contributed by atoms with E-state index >= 15 is 0 Å². The summed E-state index contributed by atoms with van der Waals surface area (Å²) in [6.45, 7) is 0. The van der Waals surface area contributed by atoms with E-state index < -0.39 is 16.8 Å². The van der Waals surface area contributed by atoms with E-state index in [4.69, 9.17) is 9.84 Å². The monoisotopic (exact) mass is 294 g/mol. The second-order valence-electron chi connectivity index (χ2n) is 4.10. The van der Waals surface area contributed by atoms with Crippen LogP contribution in [0, 0.1) is 0 Å². The van der Waals surface area contributed by atoms with Gasteiger partial charge in [0, 0.05) is 11.9 Å². The number of hydrogen-bond donors (Lipinski definition) is 1. The van der Waals surface area contributed by atoms with Gasteiger partial charge in [0.1, 0.15) is 11.3 Å². The summed E-state index contributed by atoms with van der Waals surface area (Å²) in [4.78, 5) is 11.7. The summed E-state index contributed by atoms with van der Waals surface area (Å²) in [5, 5.41) is 13.0. The Morgan fingerprint density at radius 2 is 2.05 bits per heavy atom. The maximum Gasteiger partial charge on any atom is 0.339 e. The molecule has 0 saturated carbocycles. The maximum absolute atomic E-state index is 12.3. The van der Waals surface area contributed by atoms with Gasteiger partial charge in [0.2, 0.25) is 0 Å². The number of aryl methyl sites for hydroxylation is 1. The number of aromatic carboxylic acids is 1. The van der Waals surface area contributed by atoms with Crippen molar-refractivity contribution in [3.05, 3.63) is 41.7 Å². The van der Waals surface area contributed by atoms with Crippen LogP contribution in [-0.4, -0.2) is 32.2 Å². The van der Waals surface area contributed by atoms with Crippen LogP contribution in [0.3, 0.4) is 0 Å². The Morgan fingerprint density at radius 1 is 1.40 bits per heavy atom. The molecule has 20 heavy (non-hydrogen) atoms. The van der Waals surface area contributed by atoms with E-state index in [1.165, 1.54) is 10.9 Å². The standard InChI is InChI=1S/C13H14N2O4S/c1-15-12(11(7-14-15)13(16)17)8-20(18)10-5-3-9(19-2)4-6-10/h3-7H,8H2,1-2H3,(H,16,17). The number of benzene rings is 1. The van der Waals surface area contributed by atoms with Gasteiger partial charge in [0.05, 0.1) is 35.6 Å². The molecular formula is C13H14N2O4S. The van der Waals surface area contributed by atoms with E-state index in [-0.39, 0.29) is 11.3 Å². The molecule has 0 aliphatic heterocycles. The molecule has 0 bridgehead atoms. The van der Waals surface area contributed by atoms with Gasteiger partial charge in [-0.05, 0) is 24.3 Å². The lowest BCUT2D eigenvalue weighted by atomic mass is 10.3. The molecule has 0 spiro atoms. The van der Waals surface area contributed by atoms with Crippen LogP contribution in [0.1, 0.15) is 16.1 Å². The Hall–Kier alpha value is -2.15. The van der Waals surface area contributed by atoms with Gasteiger partial charge in [-0.25, -0.2) is 4.79 Å². The van der Waals surface area contributed by atoms with Gasteiger partial charge >= 0.3 is 5.97 Å². The topological polar surface area (TPSA) is 81.4 Å². The maximum atomic E-state index is 12.3. The molecular weight excluding hydrogens is 280 g/mol. The molecule has 0 aliphatic carbocycles. The van der Waals surface area contributed by atoms with Gasteiger partial charge < -0.3 is 9.84 Å². The fourth-order valence-corrected chi connectivity index (χ4v) is 2.94. The van der Waals surface area contributed by atoms with Crippen molar-refractivity contribution in [3.8, 4) is 5.75 Å². The summed E-state index contributed by atoms with van der Waals surface area (Å²) in [7, 11) is 1.85. The molecule has 2 aromatic rings. The van der Waals surface area contributed by atoms with Crippen molar-refractivity contribution in [2.24, 2.45) is 7.05 Å². The van der Waals surface area contributed by atoms with E-state index in [1.807, 2.05) is 0 Å². The first-order valence-electron chi connectivity index (χ1n) is 5.79. The largest absolute Gasteiger partial charge is 0.497 e. The molecule has 7 heteroatoms. The van der Waals surface area contributed by atoms with Gasteiger partial charge in [-0.15, -0.1) is 0 Å².